The van der Waals surface area contributed by atoms with Crippen LogP contribution >= 0.6 is 0 Å². The number of benzene rings is 2. The number of ketones is 4. The molecular formula is C20H16O5. The summed E-state index contributed by atoms with van der Waals surface area (Å²) in [5, 5.41) is 0. The fourth-order valence-electron chi connectivity index (χ4n) is 3.13. The van der Waals surface area contributed by atoms with Crippen molar-refractivity contribution in [3.05, 3.63) is 65.7 Å². The monoisotopic (exact) mass is 336 g/mol. The predicted molar refractivity (Wildman–Crippen MR) is 89.8 cm³/mol. The molecule has 0 bridgehead atoms. The van der Waals surface area contributed by atoms with E-state index in [4.69, 9.17) is 4.74 Å². The van der Waals surface area contributed by atoms with Gasteiger partial charge in [0, 0.05) is 17.5 Å². The number of ether oxygens (including phenoxy) is 1. The van der Waals surface area contributed by atoms with E-state index < -0.39 is 28.5 Å². The third-order valence-corrected chi connectivity index (χ3v) is 4.53. The SMILES string of the molecule is COc1ccc(C(=O)C2(C(=O)c3ccccc3)CCC(=O)C2=O)cc1. The number of carbonyl (C=O) groups excluding carboxylic acids is 4. The van der Waals surface area contributed by atoms with E-state index in [0.717, 1.165) is 0 Å². The summed E-state index contributed by atoms with van der Waals surface area (Å²) < 4.78 is 5.06. The van der Waals surface area contributed by atoms with E-state index in [1.54, 1.807) is 42.5 Å². The van der Waals surface area contributed by atoms with Gasteiger partial charge in [-0.1, -0.05) is 30.3 Å². The Morgan fingerprint density at radius 3 is 1.92 bits per heavy atom. The van der Waals surface area contributed by atoms with Crippen LogP contribution in [0.15, 0.2) is 54.6 Å². The van der Waals surface area contributed by atoms with E-state index in [9.17, 15) is 19.2 Å². The lowest BCUT2D eigenvalue weighted by Crippen LogP contribution is -2.44. The van der Waals surface area contributed by atoms with Crippen LogP contribution in [0, 0.1) is 5.41 Å². The molecule has 3 rings (SSSR count). The Labute approximate surface area is 144 Å². The van der Waals surface area contributed by atoms with Crippen LogP contribution < -0.4 is 4.74 Å². The smallest absolute Gasteiger partial charge is 0.220 e. The normalized spacial score (nSPS) is 19.7. The maximum atomic E-state index is 13.1. The molecule has 2 aromatic carbocycles. The molecule has 5 nitrogen and oxygen atoms in total. The summed E-state index contributed by atoms with van der Waals surface area (Å²) in [4.78, 5) is 50.6. The van der Waals surface area contributed by atoms with Gasteiger partial charge < -0.3 is 4.74 Å². The molecule has 0 radical (unpaired) electrons. The summed E-state index contributed by atoms with van der Waals surface area (Å²) in [7, 11) is 1.50. The highest BCUT2D eigenvalue weighted by atomic mass is 16.5. The van der Waals surface area contributed by atoms with Gasteiger partial charge in [0.25, 0.3) is 0 Å². The average Bonchev–Trinajstić information content (AvgIpc) is 2.97. The second-order valence-corrected chi connectivity index (χ2v) is 5.91. The first-order chi connectivity index (χ1) is 12.0. The Hall–Kier alpha value is -3.08. The van der Waals surface area contributed by atoms with Crippen molar-refractivity contribution in [1.29, 1.82) is 0 Å². The van der Waals surface area contributed by atoms with Gasteiger partial charge in [0.2, 0.25) is 5.78 Å². The lowest BCUT2D eigenvalue weighted by atomic mass is 9.72. The second kappa shape index (κ2) is 6.43. The number of hydrogen-bond acceptors (Lipinski definition) is 5. The molecule has 0 heterocycles. The molecule has 0 aliphatic heterocycles. The molecule has 1 fully saturated rings. The van der Waals surface area contributed by atoms with Crippen LogP contribution in [0.5, 0.6) is 5.75 Å². The van der Waals surface area contributed by atoms with Gasteiger partial charge in [-0.3, -0.25) is 19.2 Å². The fourth-order valence-corrected chi connectivity index (χ4v) is 3.13. The molecular weight excluding hydrogens is 320 g/mol. The quantitative estimate of drug-likeness (QED) is 0.476. The Bertz CT molecular complexity index is 851. The first kappa shape index (κ1) is 16.8. The molecule has 2 aromatic rings. The summed E-state index contributed by atoms with van der Waals surface area (Å²) >= 11 is 0. The summed E-state index contributed by atoms with van der Waals surface area (Å²) in [6.07, 6.45) is -0.192. The van der Waals surface area contributed by atoms with Crippen LogP contribution in [-0.4, -0.2) is 30.2 Å². The molecule has 0 saturated heterocycles. The molecule has 5 heteroatoms. The molecule has 1 aliphatic rings. The number of rotatable bonds is 5. The molecule has 0 amide bonds. The van der Waals surface area contributed by atoms with Crippen molar-refractivity contribution >= 4 is 23.1 Å². The zero-order valence-electron chi connectivity index (χ0n) is 13.7. The number of methoxy groups -OCH3 is 1. The van der Waals surface area contributed by atoms with E-state index in [1.807, 2.05) is 0 Å². The maximum Gasteiger partial charge on any atom is 0.220 e. The van der Waals surface area contributed by atoms with Gasteiger partial charge in [0.15, 0.2) is 22.8 Å². The average molecular weight is 336 g/mol. The van der Waals surface area contributed by atoms with Crippen molar-refractivity contribution < 1.29 is 23.9 Å². The number of Topliss-reactive ketones (excluding diaryl/α,β-unsaturated/α-hetero) is 4. The van der Waals surface area contributed by atoms with Crippen LogP contribution in [0.25, 0.3) is 0 Å². The van der Waals surface area contributed by atoms with Crippen LogP contribution in [0.3, 0.4) is 0 Å². The van der Waals surface area contributed by atoms with E-state index in [2.05, 4.69) is 0 Å². The standard InChI is InChI=1S/C20H16O5/c1-25-15-9-7-14(8-10-15)18(23)20(12-11-16(21)19(20)24)17(22)13-5-3-2-4-6-13/h2-10H,11-12H2,1H3. The van der Waals surface area contributed by atoms with Gasteiger partial charge in [-0.25, -0.2) is 0 Å². The van der Waals surface area contributed by atoms with Crippen molar-refractivity contribution in [2.75, 3.05) is 7.11 Å². The van der Waals surface area contributed by atoms with Crippen molar-refractivity contribution in [3.8, 4) is 5.75 Å². The summed E-state index contributed by atoms with van der Waals surface area (Å²) in [6, 6.07) is 14.3. The number of carbonyl (C=O) groups is 4. The van der Waals surface area contributed by atoms with E-state index in [1.165, 1.54) is 19.2 Å². The van der Waals surface area contributed by atoms with Gasteiger partial charge in [-0.15, -0.1) is 0 Å². The highest BCUT2D eigenvalue weighted by molar-refractivity contribution is 6.53. The summed E-state index contributed by atoms with van der Waals surface area (Å²) in [5.41, 5.74) is -1.52. The van der Waals surface area contributed by atoms with Gasteiger partial charge in [0.1, 0.15) is 5.75 Å². The first-order valence-electron chi connectivity index (χ1n) is 7.87. The molecule has 1 unspecified atom stereocenters. The van der Waals surface area contributed by atoms with E-state index >= 15 is 0 Å². The van der Waals surface area contributed by atoms with Crippen LogP contribution in [0.2, 0.25) is 0 Å². The van der Waals surface area contributed by atoms with E-state index in [-0.39, 0.29) is 24.0 Å². The molecule has 0 aromatic heterocycles. The molecule has 25 heavy (non-hydrogen) atoms. The Balaban J connectivity index is 2.09. The molecule has 1 aliphatic carbocycles. The Morgan fingerprint density at radius 1 is 0.880 bits per heavy atom. The third kappa shape index (κ3) is 2.67. The molecule has 0 spiro atoms. The van der Waals surface area contributed by atoms with Crippen molar-refractivity contribution in [3.63, 3.8) is 0 Å². The minimum Gasteiger partial charge on any atom is -0.497 e. The highest BCUT2D eigenvalue weighted by Gasteiger charge is 2.58. The van der Waals surface area contributed by atoms with Crippen molar-refractivity contribution in [2.24, 2.45) is 5.41 Å². The van der Waals surface area contributed by atoms with E-state index in [0.29, 0.717) is 5.75 Å². The number of hydrogen-bond donors (Lipinski definition) is 0. The van der Waals surface area contributed by atoms with Crippen molar-refractivity contribution in [2.45, 2.75) is 12.8 Å². The zero-order chi connectivity index (χ0) is 18.0. The van der Waals surface area contributed by atoms with Crippen LogP contribution in [-0.2, 0) is 9.59 Å². The highest BCUT2D eigenvalue weighted by Crippen LogP contribution is 2.39. The van der Waals surface area contributed by atoms with Crippen LogP contribution in [0.1, 0.15) is 33.6 Å². The summed E-state index contributed by atoms with van der Waals surface area (Å²) in [6.45, 7) is 0. The zero-order valence-corrected chi connectivity index (χ0v) is 13.7. The van der Waals surface area contributed by atoms with Gasteiger partial charge >= 0.3 is 0 Å². The topological polar surface area (TPSA) is 77.5 Å². The Morgan fingerprint density at radius 2 is 1.44 bits per heavy atom. The molecule has 126 valence electrons. The van der Waals surface area contributed by atoms with Crippen molar-refractivity contribution in [1.82, 2.24) is 0 Å². The Kier molecular flexibility index (Phi) is 4.31. The third-order valence-electron chi connectivity index (χ3n) is 4.53. The maximum absolute atomic E-state index is 13.1. The summed E-state index contributed by atoms with van der Waals surface area (Å²) in [5.74, 6) is -2.30. The lowest BCUT2D eigenvalue weighted by molar-refractivity contribution is -0.136. The molecule has 1 atom stereocenters. The predicted octanol–water partition coefficient (Wildman–Crippen LogP) is 2.68. The minimum absolute atomic E-state index is 0.0940. The second-order valence-electron chi connectivity index (χ2n) is 5.91. The van der Waals surface area contributed by atoms with Crippen LogP contribution in [0.4, 0.5) is 0 Å². The fraction of sp³-hybridized carbons (Fsp3) is 0.200. The van der Waals surface area contributed by atoms with Gasteiger partial charge in [-0.05, 0) is 30.7 Å². The molecule has 1 saturated carbocycles. The lowest BCUT2D eigenvalue weighted by Gasteiger charge is -2.23. The molecule has 0 N–H and O–H groups in total. The largest absolute Gasteiger partial charge is 0.497 e. The van der Waals surface area contributed by atoms with Gasteiger partial charge in [-0.2, -0.15) is 0 Å². The first-order valence-corrected chi connectivity index (χ1v) is 7.87. The van der Waals surface area contributed by atoms with Gasteiger partial charge in [0.05, 0.1) is 7.11 Å². The minimum atomic E-state index is -1.97.